The second-order valence-corrected chi connectivity index (χ2v) is 8.80. The number of benzene rings is 3. The van der Waals surface area contributed by atoms with Crippen LogP contribution in [-0.2, 0) is 20.7 Å². The SMILES string of the molecule is CC(NC(=O)OCC1c2ccccc2-c2ccccc21)C(C)C(=O)Nc1ccc(CC(=O)O)cc1. The first-order valence-corrected chi connectivity index (χ1v) is 11.6. The summed E-state index contributed by atoms with van der Waals surface area (Å²) in [5.41, 5.74) is 5.80. The van der Waals surface area contributed by atoms with Crippen molar-refractivity contribution in [2.45, 2.75) is 32.2 Å². The summed E-state index contributed by atoms with van der Waals surface area (Å²) in [7, 11) is 0. The smallest absolute Gasteiger partial charge is 0.407 e. The van der Waals surface area contributed by atoms with Gasteiger partial charge in [-0.05, 0) is 46.9 Å². The van der Waals surface area contributed by atoms with Gasteiger partial charge in [0.15, 0.2) is 0 Å². The first kappa shape index (κ1) is 24.0. The van der Waals surface area contributed by atoms with Gasteiger partial charge in [-0.2, -0.15) is 0 Å². The molecule has 0 heterocycles. The minimum Gasteiger partial charge on any atom is -0.481 e. The maximum atomic E-state index is 12.6. The van der Waals surface area contributed by atoms with Crippen LogP contribution in [0.3, 0.4) is 0 Å². The van der Waals surface area contributed by atoms with Gasteiger partial charge < -0.3 is 20.5 Å². The highest BCUT2D eigenvalue weighted by Gasteiger charge is 2.29. The van der Waals surface area contributed by atoms with E-state index in [1.165, 1.54) is 0 Å². The summed E-state index contributed by atoms with van der Waals surface area (Å²) in [5, 5.41) is 14.4. The third kappa shape index (κ3) is 5.51. The minimum atomic E-state index is -0.913. The monoisotopic (exact) mass is 472 g/mol. The standard InChI is InChI=1S/C28H28N2O5/c1-17(27(33)30-20-13-11-19(12-14-20)15-26(31)32)18(2)29-28(34)35-16-25-23-9-5-3-7-21(23)22-8-4-6-10-24(22)25/h3-14,17-18,25H,15-16H2,1-2H3,(H,29,34)(H,30,33)(H,31,32). The molecule has 0 radical (unpaired) electrons. The molecule has 35 heavy (non-hydrogen) atoms. The lowest BCUT2D eigenvalue weighted by Gasteiger charge is -2.21. The number of amides is 2. The number of carboxylic acid groups (broad SMARTS) is 1. The van der Waals surface area contributed by atoms with Gasteiger partial charge >= 0.3 is 12.1 Å². The van der Waals surface area contributed by atoms with Gasteiger partial charge in [-0.3, -0.25) is 9.59 Å². The van der Waals surface area contributed by atoms with Crippen LogP contribution in [0.5, 0.6) is 0 Å². The Hall–Kier alpha value is -4.13. The molecular weight excluding hydrogens is 444 g/mol. The van der Waals surface area contributed by atoms with Crippen molar-refractivity contribution in [1.82, 2.24) is 5.32 Å². The van der Waals surface area contributed by atoms with Crippen molar-refractivity contribution in [1.29, 1.82) is 0 Å². The summed E-state index contributed by atoms with van der Waals surface area (Å²) >= 11 is 0. The number of ether oxygens (including phenoxy) is 1. The van der Waals surface area contributed by atoms with E-state index in [4.69, 9.17) is 9.84 Å². The lowest BCUT2D eigenvalue weighted by atomic mass is 9.98. The Balaban J connectivity index is 1.30. The second kappa shape index (κ2) is 10.4. The fourth-order valence-corrected chi connectivity index (χ4v) is 4.31. The lowest BCUT2D eigenvalue weighted by molar-refractivity contribution is -0.136. The zero-order valence-corrected chi connectivity index (χ0v) is 19.7. The third-order valence-electron chi connectivity index (χ3n) is 6.43. The number of carbonyl (C=O) groups is 3. The Bertz CT molecular complexity index is 1190. The molecule has 1 aliphatic rings. The van der Waals surface area contributed by atoms with E-state index in [0.29, 0.717) is 11.3 Å². The van der Waals surface area contributed by atoms with Gasteiger partial charge in [-0.15, -0.1) is 0 Å². The van der Waals surface area contributed by atoms with Gasteiger partial charge in [-0.1, -0.05) is 67.6 Å². The molecule has 0 bridgehead atoms. The van der Waals surface area contributed by atoms with Crippen LogP contribution < -0.4 is 10.6 Å². The molecule has 7 heteroatoms. The number of anilines is 1. The number of rotatable bonds is 8. The Labute approximate surface area is 204 Å². The van der Waals surface area contributed by atoms with E-state index in [0.717, 1.165) is 22.3 Å². The Morgan fingerprint density at radius 3 is 2.03 bits per heavy atom. The topological polar surface area (TPSA) is 105 Å². The van der Waals surface area contributed by atoms with Crippen LogP contribution >= 0.6 is 0 Å². The van der Waals surface area contributed by atoms with Crippen LogP contribution in [-0.4, -0.2) is 35.7 Å². The van der Waals surface area contributed by atoms with Gasteiger partial charge in [0.05, 0.1) is 12.3 Å². The minimum absolute atomic E-state index is 0.0340. The molecule has 3 aromatic rings. The number of hydrogen-bond donors (Lipinski definition) is 3. The molecule has 180 valence electrons. The van der Waals surface area contributed by atoms with E-state index in [-0.39, 0.29) is 24.9 Å². The van der Waals surface area contributed by atoms with E-state index >= 15 is 0 Å². The molecule has 3 N–H and O–H groups in total. The van der Waals surface area contributed by atoms with Crippen molar-refractivity contribution < 1.29 is 24.2 Å². The van der Waals surface area contributed by atoms with Crippen LogP contribution in [0.1, 0.15) is 36.5 Å². The van der Waals surface area contributed by atoms with Crippen molar-refractivity contribution in [3.8, 4) is 11.1 Å². The molecule has 4 rings (SSSR count). The average molecular weight is 473 g/mol. The van der Waals surface area contributed by atoms with Crippen molar-refractivity contribution >= 4 is 23.7 Å². The summed E-state index contributed by atoms with van der Waals surface area (Å²) in [6.45, 7) is 3.68. The fourth-order valence-electron chi connectivity index (χ4n) is 4.31. The van der Waals surface area contributed by atoms with Crippen LogP contribution in [0.15, 0.2) is 72.8 Å². The first-order chi connectivity index (χ1) is 16.8. The zero-order valence-electron chi connectivity index (χ0n) is 19.7. The average Bonchev–Trinajstić information content (AvgIpc) is 3.17. The Morgan fingerprint density at radius 1 is 0.886 bits per heavy atom. The normalized spacial score (nSPS) is 13.8. The van der Waals surface area contributed by atoms with Crippen molar-refractivity contribution in [2.75, 3.05) is 11.9 Å². The number of fused-ring (bicyclic) bond motifs is 3. The summed E-state index contributed by atoms with van der Waals surface area (Å²) in [4.78, 5) is 36.0. The highest BCUT2D eigenvalue weighted by Crippen LogP contribution is 2.44. The molecule has 0 spiro atoms. The maximum Gasteiger partial charge on any atom is 0.407 e. The highest BCUT2D eigenvalue weighted by atomic mass is 16.5. The molecule has 0 aromatic heterocycles. The molecule has 0 saturated heterocycles. The lowest BCUT2D eigenvalue weighted by Crippen LogP contribution is -2.42. The number of aliphatic carboxylic acids is 1. The van der Waals surface area contributed by atoms with E-state index in [1.807, 2.05) is 24.3 Å². The maximum absolute atomic E-state index is 12.6. The number of carbonyl (C=O) groups excluding carboxylic acids is 2. The largest absolute Gasteiger partial charge is 0.481 e. The third-order valence-corrected chi connectivity index (χ3v) is 6.43. The molecule has 0 saturated carbocycles. The van der Waals surface area contributed by atoms with Crippen LogP contribution in [0, 0.1) is 5.92 Å². The molecule has 0 aliphatic heterocycles. The van der Waals surface area contributed by atoms with Crippen LogP contribution in [0.2, 0.25) is 0 Å². The van der Waals surface area contributed by atoms with E-state index in [1.54, 1.807) is 38.1 Å². The molecule has 7 nitrogen and oxygen atoms in total. The number of nitrogens with one attached hydrogen (secondary N) is 2. The number of hydrogen-bond acceptors (Lipinski definition) is 4. The van der Waals surface area contributed by atoms with Crippen LogP contribution in [0.4, 0.5) is 10.5 Å². The molecule has 3 aromatic carbocycles. The zero-order chi connectivity index (χ0) is 24.9. The van der Waals surface area contributed by atoms with E-state index < -0.39 is 24.0 Å². The van der Waals surface area contributed by atoms with Gasteiger partial charge in [0.25, 0.3) is 0 Å². The quantitative estimate of drug-likeness (QED) is 0.436. The summed E-state index contributed by atoms with van der Waals surface area (Å²) in [5.74, 6) is -1.73. The fraction of sp³-hybridized carbons (Fsp3) is 0.250. The Morgan fingerprint density at radius 2 is 1.46 bits per heavy atom. The van der Waals surface area contributed by atoms with Crippen molar-refractivity contribution in [3.63, 3.8) is 0 Å². The number of carboxylic acids is 1. The Kier molecular flexibility index (Phi) is 7.15. The van der Waals surface area contributed by atoms with Crippen molar-refractivity contribution in [3.05, 3.63) is 89.5 Å². The predicted molar refractivity (Wildman–Crippen MR) is 133 cm³/mol. The van der Waals surface area contributed by atoms with E-state index in [2.05, 4.69) is 34.9 Å². The first-order valence-electron chi connectivity index (χ1n) is 11.6. The summed E-state index contributed by atoms with van der Waals surface area (Å²) < 4.78 is 5.57. The summed E-state index contributed by atoms with van der Waals surface area (Å²) in [6.07, 6.45) is -0.650. The van der Waals surface area contributed by atoms with Gasteiger partial charge in [-0.25, -0.2) is 4.79 Å². The molecule has 0 fully saturated rings. The van der Waals surface area contributed by atoms with Crippen molar-refractivity contribution in [2.24, 2.45) is 5.92 Å². The van der Waals surface area contributed by atoms with E-state index in [9.17, 15) is 14.4 Å². The molecular formula is C28H28N2O5. The van der Waals surface area contributed by atoms with Crippen LogP contribution in [0.25, 0.3) is 11.1 Å². The second-order valence-electron chi connectivity index (χ2n) is 8.80. The van der Waals surface area contributed by atoms with Gasteiger partial charge in [0, 0.05) is 17.6 Å². The molecule has 1 aliphatic carbocycles. The van der Waals surface area contributed by atoms with Gasteiger partial charge in [0.2, 0.25) is 5.91 Å². The molecule has 2 unspecified atom stereocenters. The number of alkyl carbamates (subject to hydrolysis) is 1. The highest BCUT2D eigenvalue weighted by molar-refractivity contribution is 5.93. The predicted octanol–water partition coefficient (Wildman–Crippen LogP) is 4.82. The van der Waals surface area contributed by atoms with Gasteiger partial charge in [0.1, 0.15) is 6.61 Å². The molecule has 2 amide bonds. The molecule has 2 atom stereocenters. The summed E-state index contributed by atoms with van der Waals surface area (Å²) in [6, 6.07) is 22.4.